The van der Waals surface area contributed by atoms with Gasteiger partial charge in [-0.05, 0) is 38.0 Å². The van der Waals surface area contributed by atoms with Gasteiger partial charge >= 0.3 is 0 Å². The molecule has 0 saturated carbocycles. The van der Waals surface area contributed by atoms with E-state index in [-0.39, 0.29) is 11.8 Å². The molecule has 1 aliphatic rings. The molecule has 0 saturated heterocycles. The van der Waals surface area contributed by atoms with Crippen LogP contribution in [0, 0.1) is 6.92 Å². The molecule has 1 heterocycles. The van der Waals surface area contributed by atoms with Crippen molar-refractivity contribution in [2.24, 2.45) is 0 Å². The molecular weight excluding hydrogens is 302 g/mol. The van der Waals surface area contributed by atoms with Gasteiger partial charge in [-0.2, -0.15) is 0 Å². The van der Waals surface area contributed by atoms with Gasteiger partial charge in [0.1, 0.15) is 0 Å². The van der Waals surface area contributed by atoms with E-state index in [0.29, 0.717) is 25.4 Å². The van der Waals surface area contributed by atoms with Crippen molar-refractivity contribution in [3.05, 3.63) is 53.1 Å². The molecule has 0 aliphatic carbocycles. The van der Waals surface area contributed by atoms with E-state index >= 15 is 0 Å². The average molecular weight is 325 g/mol. The maximum atomic E-state index is 12.2. The molecule has 1 aliphatic heterocycles. The fraction of sp³-hybridized carbons (Fsp3) is 0.350. The minimum absolute atomic E-state index is 0.0275. The number of ether oxygens (including phenoxy) is 2. The van der Waals surface area contributed by atoms with Crippen LogP contribution in [0.5, 0.6) is 11.5 Å². The number of hydrogen-bond acceptors (Lipinski definition) is 3. The van der Waals surface area contributed by atoms with Crippen LogP contribution in [0.4, 0.5) is 5.69 Å². The molecule has 2 aromatic rings. The number of benzene rings is 2. The largest absolute Gasteiger partial charge is 0.490 e. The molecule has 1 unspecified atom stereocenters. The molecule has 1 atom stereocenters. The van der Waals surface area contributed by atoms with Gasteiger partial charge in [0.15, 0.2) is 11.5 Å². The molecule has 1 amide bonds. The molecule has 4 heteroatoms. The normalized spacial score (nSPS) is 16.3. The zero-order chi connectivity index (χ0) is 17.1. The highest BCUT2D eigenvalue weighted by atomic mass is 16.5. The van der Waals surface area contributed by atoms with Gasteiger partial charge in [-0.3, -0.25) is 4.79 Å². The number of anilines is 1. The lowest BCUT2D eigenvalue weighted by Gasteiger charge is -2.27. The second-order valence-corrected chi connectivity index (χ2v) is 5.97. The van der Waals surface area contributed by atoms with Gasteiger partial charge in [-0.15, -0.1) is 0 Å². The summed E-state index contributed by atoms with van der Waals surface area (Å²) in [6, 6.07) is 12.2. The van der Waals surface area contributed by atoms with Crippen molar-refractivity contribution in [2.45, 2.75) is 33.1 Å². The van der Waals surface area contributed by atoms with Gasteiger partial charge in [-0.25, -0.2) is 0 Å². The van der Waals surface area contributed by atoms with Crippen molar-refractivity contribution >= 4 is 11.6 Å². The number of carbonyl (C=O) groups excluding carboxylic acids is 1. The van der Waals surface area contributed by atoms with Crippen LogP contribution in [0.2, 0.25) is 0 Å². The zero-order valence-corrected chi connectivity index (χ0v) is 14.4. The number of nitrogens with one attached hydrogen (secondary N) is 1. The summed E-state index contributed by atoms with van der Waals surface area (Å²) in [5.74, 6) is 1.46. The van der Waals surface area contributed by atoms with E-state index in [1.807, 2.05) is 26.0 Å². The molecule has 24 heavy (non-hydrogen) atoms. The Morgan fingerprint density at radius 1 is 1.04 bits per heavy atom. The molecule has 126 valence electrons. The molecular formula is C20H23NO3. The quantitative estimate of drug-likeness (QED) is 0.893. The Hall–Kier alpha value is -2.49. The van der Waals surface area contributed by atoms with E-state index in [1.165, 1.54) is 5.56 Å². The van der Waals surface area contributed by atoms with Crippen molar-refractivity contribution in [1.82, 2.24) is 0 Å². The molecule has 0 spiro atoms. The maximum Gasteiger partial charge on any atom is 0.225 e. The predicted octanol–water partition coefficient (Wildman–Crippen LogP) is 4.27. The summed E-state index contributed by atoms with van der Waals surface area (Å²) in [5.41, 5.74) is 4.23. The molecule has 3 rings (SSSR count). The van der Waals surface area contributed by atoms with Crippen LogP contribution in [0.25, 0.3) is 0 Å². The van der Waals surface area contributed by atoms with E-state index in [0.717, 1.165) is 22.6 Å². The smallest absolute Gasteiger partial charge is 0.225 e. The van der Waals surface area contributed by atoms with Crippen LogP contribution >= 0.6 is 0 Å². The van der Waals surface area contributed by atoms with Crippen molar-refractivity contribution in [3.8, 4) is 11.5 Å². The van der Waals surface area contributed by atoms with Crippen molar-refractivity contribution in [3.63, 3.8) is 0 Å². The first-order valence-electron chi connectivity index (χ1n) is 8.42. The first kappa shape index (κ1) is 16.4. The summed E-state index contributed by atoms with van der Waals surface area (Å²) in [5, 5.41) is 2.96. The highest BCUT2D eigenvalue weighted by molar-refractivity contribution is 5.96. The topological polar surface area (TPSA) is 47.6 Å². The second kappa shape index (κ2) is 6.95. The van der Waals surface area contributed by atoms with E-state index in [9.17, 15) is 4.79 Å². The zero-order valence-electron chi connectivity index (χ0n) is 14.4. The van der Waals surface area contributed by atoms with Gasteiger partial charge < -0.3 is 14.8 Å². The summed E-state index contributed by atoms with van der Waals surface area (Å²) in [7, 11) is 0. The third-order valence-electron chi connectivity index (χ3n) is 4.23. The van der Waals surface area contributed by atoms with Crippen LogP contribution in [-0.4, -0.2) is 19.1 Å². The first-order valence-corrected chi connectivity index (χ1v) is 8.42. The lowest BCUT2D eigenvalue weighted by Crippen LogP contribution is -2.23. The summed E-state index contributed by atoms with van der Waals surface area (Å²) in [6.07, 6.45) is 0.440. The number of amides is 1. The molecule has 0 bridgehead atoms. The number of hydrogen-bond donors (Lipinski definition) is 1. The van der Waals surface area contributed by atoms with Gasteiger partial charge in [0.25, 0.3) is 0 Å². The van der Waals surface area contributed by atoms with Crippen LogP contribution in [0.3, 0.4) is 0 Å². The lowest BCUT2D eigenvalue weighted by molar-refractivity contribution is -0.116. The average Bonchev–Trinajstić information content (AvgIpc) is 2.56. The van der Waals surface area contributed by atoms with E-state index in [1.54, 1.807) is 0 Å². The summed E-state index contributed by atoms with van der Waals surface area (Å²) < 4.78 is 11.4. The highest BCUT2D eigenvalue weighted by Crippen LogP contribution is 2.43. The Morgan fingerprint density at radius 2 is 1.67 bits per heavy atom. The molecule has 1 N–H and O–H groups in total. The van der Waals surface area contributed by atoms with Gasteiger partial charge in [0.05, 0.1) is 13.2 Å². The number of fused-ring (bicyclic) bond motifs is 1. The molecule has 2 aromatic carbocycles. The minimum atomic E-state index is 0.0275. The van der Waals surface area contributed by atoms with Crippen molar-refractivity contribution in [1.29, 1.82) is 0 Å². The van der Waals surface area contributed by atoms with Crippen LogP contribution < -0.4 is 14.8 Å². The molecule has 4 nitrogen and oxygen atoms in total. The van der Waals surface area contributed by atoms with Crippen LogP contribution in [-0.2, 0) is 4.79 Å². The van der Waals surface area contributed by atoms with Crippen LogP contribution in [0.1, 0.15) is 42.9 Å². The lowest BCUT2D eigenvalue weighted by atomic mass is 9.84. The summed E-state index contributed by atoms with van der Waals surface area (Å²) in [4.78, 5) is 12.2. The highest BCUT2D eigenvalue weighted by Gasteiger charge is 2.28. The van der Waals surface area contributed by atoms with E-state index in [4.69, 9.17) is 9.47 Å². The molecule has 0 aromatic heterocycles. The number of aryl methyl sites for hydroxylation is 1. The van der Waals surface area contributed by atoms with Crippen molar-refractivity contribution < 1.29 is 14.3 Å². The maximum absolute atomic E-state index is 12.2. The Kier molecular flexibility index (Phi) is 4.74. The summed E-state index contributed by atoms with van der Waals surface area (Å²) in [6.45, 7) is 7.07. The molecule has 0 fully saturated rings. The Balaban J connectivity index is 2.08. The van der Waals surface area contributed by atoms with Gasteiger partial charge in [0, 0.05) is 24.1 Å². The summed E-state index contributed by atoms with van der Waals surface area (Å²) >= 11 is 0. The van der Waals surface area contributed by atoms with E-state index < -0.39 is 0 Å². The van der Waals surface area contributed by atoms with E-state index in [2.05, 4.69) is 36.5 Å². The fourth-order valence-electron chi connectivity index (χ4n) is 3.10. The molecule has 0 radical (unpaired) electrons. The Labute approximate surface area is 142 Å². The first-order chi connectivity index (χ1) is 11.6. The predicted molar refractivity (Wildman–Crippen MR) is 95.0 cm³/mol. The van der Waals surface area contributed by atoms with Gasteiger partial charge in [-0.1, -0.05) is 29.8 Å². The minimum Gasteiger partial charge on any atom is -0.490 e. The number of carbonyl (C=O) groups is 1. The van der Waals surface area contributed by atoms with Gasteiger partial charge in [0.2, 0.25) is 5.91 Å². The van der Waals surface area contributed by atoms with Crippen LogP contribution in [0.15, 0.2) is 36.4 Å². The van der Waals surface area contributed by atoms with Crippen molar-refractivity contribution in [2.75, 3.05) is 18.5 Å². The Bertz CT molecular complexity index is 737. The third-order valence-corrected chi connectivity index (χ3v) is 4.23. The third kappa shape index (κ3) is 3.23. The Morgan fingerprint density at radius 3 is 2.29 bits per heavy atom. The number of rotatable bonds is 5. The SMILES string of the molecule is CCOc1cc2c(cc1OCC)C(c1ccc(C)cc1)CC(=O)N2. The second-order valence-electron chi connectivity index (χ2n) is 5.97. The fourth-order valence-corrected chi connectivity index (χ4v) is 3.10. The monoisotopic (exact) mass is 325 g/mol. The standard InChI is InChI=1S/C20H23NO3/c1-4-23-18-10-16-15(14-8-6-13(3)7-9-14)11-20(22)21-17(16)12-19(18)24-5-2/h6-10,12,15H,4-5,11H2,1-3H3,(H,21,22).